The zero-order chi connectivity index (χ0) is 11.6. The highest BCUT2D eigenvalue weighted by atomic mass is 16.3. The van der Waals surface area contributed by atoms with Crippen molar-refractivity contribution in [3.63, 3.8) is 0 Å². The van der Waals surface area contributed by atoms with Crippen LogP contribution >= 0.6 is 0 Å². The molecule has 90 valence electrons. The molecule has 0 saturated heterocycles. The molecular weight excluding hydrogens is 196 g/mol. The molecule has 1 aromatic carbocycles. The van der Waals surface area contributed by atoms with Crippen molar-refractivity contribution in [2.24, 2.45) is 0 Å². The van der Waals surface area contributed by atoms with Crippen LogP contribution in [0.15, 0.2) is 24.3 Å². The molecule has 0 atom stereocenters. The fourth-order valence-corrected chi connectivity index (χ4v) is 2.00. The molecule has 1 N–H and O–H groups in total. The van der Waals surface area contributed by atoms with Gasteiger partial charge in [-0.25, -0.2) is 0 Å². The van der Waals surface area contributed by atoms with Crippen molar-refractivity contribution in [1.82, 2.24) is 0 Å². The number of benzene rings is 1. The molecule has 0 heterocycles. The van der Waals surface area contributed by atoms with E-state index in [0.717, 1.165) is 6.42 Å². The van der Waals surface area contributed by atoms with Gasteiger partial charge in [0.2, 0.25) is 0 Å². The highest BCUT2D eigenvalue weighted by Crippen LogP contribution is 2.14. The summed E-state index contributed by atoms with van der Waals surface area (Å²) in [5.41, 5.74) is 1.26. The molecule has 1 aromatic rings. The van der Waals surface area contributed by atoms with E-state index in [0.29, 0.717) is 5.75 Å². The molecular formula is C15H24O. The van der Waals surface area contributed by atoms with Crippen molar-refractivity contribution >= 4 is 0 Å². The number of aromatic hydroxyl groups is 1. The maximum Gasteiger partial charge on any atom is 0.115 e. The second kappa shape index (κ2) is 8.20. The molecule has 0 fully saturated rings. The third-order valence-electron chi connectivity index (χ3n) is 2.98. The van der Waals surface area contributed by atoms with Crippen molar-refractivity contribution in [2.45, 2.75) is 58.3 Å². The lowest BCUT2D eigenvalue weighted by Crippen LogP contribution is -1.86. The van der Waals surface area contributed by atoms with Gasteiger partial charge in [0, 0.05) is 0 Å². The number of hydrogen-bond donors (Lipinski definition) is 1. The van der Waals surface area contributed by atoms with E-state index in [4.69, 9.17) is 0 Å². The van der Waals surface area contributed by atoms with Crippen molar-refractivity contribution in [3.05, 3.63) is 29.8 Å². The topological polar surface area (TPSA) is 20.2 Å². The SMILES string of the molecule is CCCCCCCCCc1cccc(O)c1. The Morgan fingerprint density at radius 3 is 2.31 bits per heavy atom. The van der Waals surface area contributed by atoms with Gasteiger partial charge in [0.25, 0.3) is 0 Å². The van der Waals surface area contributed by atoms with Gasteiger partial charge < -0.3 is 5.11 Å². The maximum absolute atomic E-state index is 9.31. The number of rotatable bonds is 8. The molecule has 1 heteroatoms. The van der Waals surface area contributed by atoms with Gasteiger partial charge >= 0.3 is 0 Å². The quantitative estimate of drug-likeness (QED) is 0.630. The zero-order valence-electron chi connectivity index (χ0n) is 10.4. The summed E-state index contributed by atoms with van der Waals surface area (Å²) in [5, 5.41) is 9.31. The van der Waals surface area contributed by atoms with Crippen LogP contribution in [0.1, 0.15) is 57.4 Å². The van der Waals surface area contributed by atoms with Gasteiger partial charge in [-0.3, -0.25) is 0 Å². The highest BCUT2D eigenvalue weighted by molar-refractivity contribution is 5.27. The molecule has 0 spiro atoms. The van der Waals surface area contributed by atoms with E-state index in [1.54, 1.807) is 6.07 Å². The number of hydrogen-bond acceptors (Lipinski definition) is 1. The minimum absolute atomic E-state index is 0.389. The molecule has 0 aliphatic carbocycles. The van der Waals surface area contributed by atoms with Crippen molar-refractivity contribution in [3.8, 4) is 5.75 Å². The first-order valence-electron chi connectivity index (χ1n) is 6.61. The van der Waals surface area contributed by atoms with Gasteiger partial charge in [-0.15, -0.1) is 0 Å². The maximum atomic E-state index is 9.31. The monoisotopic (exact) mass is 220 g/mol. The van der Waals surface area contributed by atoms with Crippen LogP contribution in [0, 0.1) is 0 Å². The summed E-state index contributed by atoms with van der Waals surface area (Å²) >= 11 is 0. The van der Waals surface area contributed by atoms with E-state index in [9.17, 15) is 5.11 Å². The minimum Gasteiger partial charge on any atom is -0.508 e. The summed E-state index contributed by atoms with van der Waals surface area (Å²) in [6.07, 6.45) is 10.5. The Balaban J connectivity index is 2.03. The first kappa shape index (κ1) is 13.1. The Kier molecular flexibility index (Phi) is 6.71. The van der Waals surface area contributed by atoms with Crippen LogP contribution in [0.5, 0.6) is 5.75 Å². The lowest BCUT2D eigenvalue weighted by molar-refractivity contribution is 0.474. The van der Waals surface area contributed by atoms with Crippen molar-refractivity contribution in [2.75, 3.05) is 0 Å². The van der Waals surface area contributed by atoms with Gasteiger partial charge in [0.05, 0.1) is 0 Å². The van der Waals surface area contributed by atoms with E-state index in [-0.39, 0.29) is 0 Å². The van der Waals surface area contributed by atoms with Crippen molar-refractivity contribution in [1.29, 1.82) is 0 Å². The molecule has 0 aliphatic heterocycles. The molecule has 0 bridgehead atoms. The smallest absolute Gasteiger partial charge is 0.115 e. The third kappa shape index (κ3) is 5.79. The Morgan fingerprint density at radius 1 is 0.938 bits per heavy atom. The normalized spacial score (nSPS) is 10.6. The number of phenols is 1. The standard InChI is InChI=1S/C15H24O/c1-2-3-4-5-6-7-8-10-14-11-9-12-15(16)13-14/h9,11-13,16H,2-8,10H2,1H3. The van der Waals surface area contributed by atoms with Crippen LogP contribution < -0.4 is 0 Å². The molecule has 0 amide bonds. The predicted octanol–water partition coefficient (Wildman–Crippen LogP) is 4.69. The molecule has 1 nitrogen and oxygen atoms in total. The first-order valence-corrected chi connectivity index (χ1v) is 6.61. The summed E-state index contributed by atoms with van der Waals surface area (Å²) in [6.45, 7) is 2.25. The van der Waals surface area contributed by atoms with Gasteiger partial charge in [-0.1, -0.05) is 57.6 Å². The van der Waals surface area contributed by atoms with Crippen molar-refractivity contribution < 1.29 is 5.11 Å². The van der Waals surface area contributed by atoms with Gasteiger partial charge in [-0.05, 0) is 30.5 Å². The van der Waals surface area contributed by atoms with Gasteiger partial charge in [-0.2, -0.15) is 0 Å². The Morgan fingerprint density at radius 2 is 1.62 bits per heavy atom. The lowest BCUT2D eigenvalue weighted by atomic mass is 10.0. The molecule has 0 aliphatic rings. The fraction of sp³-hybridized carbons (Fsp3) is 0.600. The summed E-state index contributed by atoms with van der Waals surface area (Å²) < 4.78 is 0. The van der Waals surface area contributed by atoms with Crippen LogP contribution in [-0.4, -0.2) is 5.11 Å². The summed E-state index contributed by atoms with van der Waals surface area (Å²) in [6, 6.07) is 7.62. The van der Waals surface area contributed by atoms with E-state index < -0.39 is 0 Å². The zero-order valence-corrected chi connectivity index (χ0v) is 10.4. The molecule has 0 saturated carbocycles. The average molecular weight is 220 g/mol. The highest BCUT2D eigenvalue weighted by Gasteiger charge is 1.95. The number of aryl methyl sites for hydroxylation is 1. The molecule has 0 aromatic heterocycles. The Bertz CT molecular complexity index is 281. The van der Waals surface area contributed by atoms with Crippen LogP contribution in [0.25, 0.3) is 0 Å². The first-order chi connectivity index (χ1) is 7.83. The number of phenolic OH excluding ortho intramolecular Hbond substituents is 1. The lowest BCUT2D eigenvalue weighted by Gasteiger charge is -2.02. The number of unbranched alkanes of at least 4 members (excludes halogenated alkanes) is 6. The molecule has 1 rings (SSSR count). The molecule has 0 unspecified atom stereocenters. The minimum atomic E-state index is 0.389. The second-order valence-electron chi connectivity index (χ2n) is 4.54. The van der Waals surface area contributed by atoms with Crippen LogP contribution in [0.3, 0.4) is 0 Å². The average Bonchev–Trinajstić information content (AvgIpc) is 2.28. The summed E-state index contributed by atoms with van der Waals surface area (Å²) in [5.74, 6) is 0.389. The van der Waals surface area contributed by atoms with Gasteiger partial charge in [0.1, 0.15) is 5.75 Å². The second-order valence-corrected chi connectivity index (χ2v) is 4.54. The third-order valence-corrected chi connectivity index (χ3v) is 2.98. The largest absolute Gasteiger partial charge is 0.508 e. The fourth-order valence-electron chi connectivity index (χ4n) is 2.00. The van der Waals surface area contributed by atoms with Gasteiger partial charge in [0.15, 0.2) is 0 Å². The molecule has 0 radical (unpaired) electrons. The summed E-state index contributed by atoms with van der Waals surface area (Å²) in [7, 11) is 0. The van der Waals surface area contributed by atoms with E-state index >= 15 is 0 Å². The Labute approximate surface area is 99.5 Å². The van der Waals surface area contributed by atoms with Crippen LogP contribution in [-0.2, 0) is 6.42 Å². The predicted molar refractivity (Wildman–Crippen MR) is 69.8 cm³/mol. The van der Waals surface area contributed by atoms with E-state index in [2.05, 4.69) is 13.0 Å². The van der Waals surface area contributed by atoms with Crippen LogP contribution in [0.4, 0.5) is 0 Å². The van der Waals surface area contributed by atoms with Crippen LogP contribution in [0.2, 0.25) is 0 Å². The Hall–Kier alpha value is -0.980. The molecule has 16 heavy (non-hydrogen) atoms. The summed E-state index contributed by atoms with van der Waals surface area (Å²) in [4.78, 5) is 0. The van der Waals surface area contributed by atoms with E-state index in [1.807, 2.05) is 12.1 Å². The van der Waals surface area contributed by atoms with E-state index in [1.165, 1.54) is 50.5 Å².